The van der Waals surface area contributed by atoms with Crippen molar-refractivity contribution in [2.45, 2.75) is 20.4 Å². The van der Waals surface area contributed by atoms with Gasteiger partial charge in [0.25, 0.3) is 5.91 Å². The molecule has 1 aliphatic rings. The Bertz CT molecular complexity index is 1430. The topological polar surface area (TPSA) is 101 Å². The summed E-state index contributed by atoms with van der Waals surface area (Å²) in [5.41, 5.74) is 13.0. The van der Waals surface area contributed by atoms with E-state index >= 15 is 0 Å². The van der Waals surface area contributed by atoms with Crippen molar-refractivity contribution in [1.82, 2.24) is 9.97 Å². The molecule has 34 heavy (non-hydrogen) atoms. The first-order chi connectivity index (χ1) is 16.4. The van der Waals surface area contributed by atoms with Gasteiger partial charge in [0.05, 0.1) is 30.3 Å². The van der Waals surface area contributed by atoms with E-state index in [1.165, 1.54) is 0 Å². The highest BCUT2D eigenvalue weighted by atomic mass is 16.2. The Kier molecular flexibility index (Phi) is 5.30. The first-order valence-corrected chi connectivity index (χ1v) is 10.9. The van der Waals surface area contributed by atoms with E-state index in [0.717, 1.165) is 44.8 Å². The maximum Gasteiger partial charge on any atom is 0.258 e. The Balaban J connectivity index is 1.35. The lowest BCUT2D eigenvalue weighted by Gasteiger charge is -2.16. The largest absolute Gasteiger partial charge is 0.366 e. The van der Waals surface area contributed by atoms with Crippen LogP contribution in [-0.2, 0) is 6.54 Å². The third-order valence-corrected chi connectivity index (χ3v) is 6.26. The summed E-state index contributed by atoms with van der Waals surface area (Å²) in [6, 6.07) is 17.0. The summed E-state index contributed by atoms with van der Waals surface area (Å²) in [5.74, 6) is 0.201. The van der Waals surface area contributed by atoms with Crippen molar-refractivity contribution in [1.29, 1.82) is 0 Å². The summed E-state index contributed by atoms with van der Waals surface area (Å²) in [4.78, 5) is 35.0. The van der Waals surface area contributed by atoms with Gasteiger partial charge in [0.2, 0.25) is 5.91 Å². The van der Waals surface area contributed by atoms with Gasteiger partial charge in [-0.3, -0.25) is 14.6 Å². The van der Waals surface area contributed by atoms with Crippen LogP contribution in [0.25, 0.3) is 11.1 Å². The van der Waals surface area contributed by atoms with E-state index in [-0.39, 0.29) is 5.91 Å². The molecule has 2 amide bonds. The molecular weight excluding hydrogens is 426 g/mol. The number of nitrogens with one attached hydrogen (secondary N) is 1. The van der Waals surface area contributed by atoms with E-state index in [4.69, 9.17) is 5.73 Å². The summed E-state index contributed by atoms with van der Waals surface area (Å²) in [5, 5.41) is 3.26. The third-order valence-electron chi connectivity index (χ3n) is 6.26. The average molecular weight is 450 g/mol. The lowest BCUT2D eigenvalue weighted by Crippen LogP contribution is -2.23. The lowest BCUT2D eigenvalue weighted by molar-refractivity contribution is 0.0990. The van der Waals surface area contributed by atoms with Crippen LogP contribution >= 0.6 is 0 Å². The second kappa shape index (κ2) is 8.44. The second-order valence-electron chi connectivity index (χ2n) is 8.31. The lowest BCUT2D eigenvalue weighted by atomic mass is 9.94. The molecule has 0 bridgehead atoms. The minimum absolute atomic E-state index is 0.0231. The van der Waals surface area contributed by atoms with Gasteiger partial charge in [0, 0.05) is 22.9 Å². The molecule has 2 aromatic heterocycles. The number of carbonyl (C=O) groups excluding carboxylic acids is 2. The van der Waals surface area contributed by atoms with Gasteiger partial charge in [0.15, 0.2) is 0 Å². The third kappa shape index (κ3) is 3.77. The normalized spacial score (nSPS) is 12.5. The van der Waals surface area contributed by atoms with Gasteiger partial charge in [-0.25, -0.2) is 4.98 Å². The fourth-order valence-corrected chi connectivity index (χ4v) is 4.28. The van der Waals surface area contributed by atoms with E-state index in [2.05, 4.69) is 15.3 Å². The van der Waals surface area contributed by atoms with Crippen LogP contribution in [0.2, 0.25) is 0 Å². The average Bonchev–Trinajstić information content (AvgIpc) is 3.18. The number of hydrogen-bond donors (Lipinski definition) is 2. The van der Waals surface area contributed by atoms with Gasteiger partial charge in [0.1, 0.15) is 5.82 Å². The Morgan fingerprint density at radius 3 is 2.53 bits per heavy atom. The molecule has 0 aliphatic carbocycles. The monoisotopic (exact) mass is 449 g/mol. The molecular formula is C27H23N5O2. The van der Waals surface area contributed by atoms with Gasteiger partial charge >= 0.3 is 0 Å². The Morgan fingerprint density at radius 1 is 0.971 bits per heavy atom. The van der Waals surface area contributed by atoms with Crippen molar-refractivity contribution in [2.24, 2.45) is 5.73 Å². The standard InChI is InChI=1S/C27H23N5O2/c1-16-17(2)23(26(28)33)9-8-22(16)18-7-10-25(30-12-18)31-20-11-21(14-29-13-20)32-15-19-5-3-4-6-24(19)27(32)34/h3-14H,15H2,1-2H3,(H2,28,33)(H,30,31). The number of fused-ring (bicyclic) bond motifs is 1. The zero-order valence-electron chi connectivity index (χ0n) is 18.9. The number of aromatic nitrogens is 2. The molecule has 0 atom stereocenters. The van der Waals surface area contributed by atoms with Gasteiger partial charge in [-0.1, -0.05) is 24.3 Å². The van der Waals surface area contributed by atoms with Crippen LogP contribution in [-0.4, -0.2) is 21.8 Å². The molecule has 7 nitrogen and oxygen atoms in total. The number of amides is 2. The van der Waals surface area contributed by atoms with Crippen LogP contribution < -0.4 is 16.0 Å². The zero-order chi connectivity index (χ0) is 23.8. The quantitative estimate of drug-likeness (QED) is 0.457. The number of carbonyl (C=O) groups is 2. The highest BCUT2D eigenvalue weighted by Crippen LogP contribution is 2.31. The van der Waals surface area contributed by atoms with Crippen molar-refractivity contribution >= 4 is 29.0 Å². The second-order valence-corrected chi connectivity index (χ2v) is 8.31. The molecule has 168 valence electrons. The number of anilines is 3. The zero-order valence-corrected chi connectivity index (χ0v) is 18.9. The van der Waals surface area contributed by atoms with E-state index in [1.807, 2.05) is 62.4 Å². The number of hydrogen-bond acceptors (Lipinski definition) is 5. The smallest absolute Gasteiger partial charge is 0.258 e. The Hall–Kier alpha value is -4.52. The summed E-state index contributed by atoms with van der Waals surface area (Å²) in [7, 11) is 0. The van der Waals surface area contributed by atoms with E-state index in [1.54, 1.807) is 29.6 Å². The molecule has 0 fully saturated rings. The predicted molar refractivity (Wildman–Crippen MR) is 132 cm³/mol. The minimum atomic E-state index is -0.430. The molecule has 7 heteroatoms. The van der Waals surface area contributed by atoms with Crippen molar-refractivity contribution in [3.05, 3.63) is 101 Å². The number of primary amides is 1. The molecule has 0 unspecified atom stereocenters. The van der Waals surface area contributed by atoms with Crippen LogP contribution in [0.1, 0.15) is 37.4 Å². The predicted octanol–water partition coefficient (Wildman–Crippen LogP) is 4.76. The fourth-order valence-electron chi connectivity index (χ4n) is 4.28. The number of nitrogens with zero attached hydrogens (tertiary/aromatic N) is 3. The number of pyridine rings is 2. The molecule has 1 aliphatic heterocycles. The molecule has 3 N–H and O–H groups in total. The molecule has 5 rings (SSSR count). The molecule has 0 radical (unpaired) electrons. The highest BCUT2D eigenvalue weighted by molar-refractivity contribution is 6.10. The molecule has 3 heterocycles. The molecule has 0 spiro atoms. The van der Waals surface area contributed by atoms with Gasteiger partial charge < -0.3 is 16.0 Å². The SMILES string of the molecule is Cc1c(C(N)=O)ccc(-c2ccc(Nc3cncc(N4Cc5ccccc5C4=O)c3)nc2)c1C. The summed E-state index contributed by atoms with van der Waals surface area (Å²) in [6.07, 6.45) is 5.17. The van der Waals surface area contributed by atoms with Crippen LogP contribution in [0.5, 0.6) is 0 Å². The number of benzene rings is 2. The first kappa shape index (κ1) is 21.3. The molecule has 4 aromatic rings. The van der Waals surface area contributed by atoms with E-state index in [9.17, 15) is 9.59 Å². The van der Waals surface area contributed by atoms with Gasteiger partial charge in [-0.05, 0) is 66.4 Å². The first-order valence-electron chi connectivity index (χ1n) is 10.9. The van der Waals surface area contributed by atoms with Crippen molar-refractivity contribution < 1.29 is 9.59 Å². The van der Waals surface area contributed by atoms with Gasteiger partial charge in [-0.2, -0.15) is 0 Å². The summed E-state index contributed by atoms with van der Waals surface area (Å²) < 4.78 is 0. The van der Waals surface area contributed by atoms with E-state index < -0.39 is 5.91 Å². The van der Waals surface area contributed by atoms with Gasteiger partial charge in [-0.15, -0.1) is 0 Å². The number of nitrogens with two attached hydrogens (primary N) is 1. The summed E-state index contributed by atoms with van der Waals surface area (Å²) >= 11 is 0. The van der Waals surface area contributed by atoms with Crippen LogP contribution in [0.15, 0.2) is 73.2 Å². The minimum Gasteiger partial charge on any atom is -0.366 e. The van der Waals surface area contributed by atoms with Crippen molar-refractivity contribution in [2.75, 3.05) is 10.2 Å². The van der Waals surface area contributed by atoms with Crippen molar-refractivity contribution in [3.8, 4) is 11.1 Å². The van der Waals surface area contributed by atoms with Crippen LogP contribution in [0.3, 0.4) is 0 Å². The molecule has 2 aromatic carbocycles. The van der Waals surface area contributed by atoms with Crippen LogP contribution in [0, 0.1) is 13.8 Å². The number of rotatable bonds is 5. The maximum absolute atomic E-state index is 12.8. The fraction of sp³-hybridized carbons (Fsp3) is 0.111. The Labute approximate surface area is 197 Å². The maximum atomic E-state index is 12.8. The molecule has 0 saturated carbocycles. The molecule has 0 saturated heterocycles. The van der Waals surface area contributed by atoms with Crippen LogP contribution in [0.4, 0.5) is 17.2 Å². The Morgan fingerprint density at radius 2 is 1.79 bits per heavy atom. The van der Waals surface area contributed by atoms with E-state index in [0.29, 0.717) is 17.9 Å². The van der Waals surface area contributed by atoms with Crippen molar-refractivity contribution in [3.63, 3.8) is 0 Å². The highest BCUT2D eigenvalue weighted by Gasteiger charge is 2.28. The summed E-state index contributed by atoms with van der Waals surface area (Å²) in [6.45, 7) is 4.39.